The van der Waals surface area contributed by atoms with Gasteiger partial charge in [-0.3, -0.25) is 0 Å². The molecule has 0 unspecified atom stereocenters. The average molecular weight is 244 g/mol. The second-order valence-electron chi connectivity index (χ2n) is 3.26. The molecule has 0 aromatic heterocycles. The van der Waals surface area contributed by atoms with Crippen LogP contribution in [0.3, 0.4) is 0 Å². The highest BCUT2D eigenvalue weighted by Crippen LogP contribution is 2.11. The molecule has 16 heavy (non-hydrogen) atoms. The molecule has 1 rings (SSSR count). The minimum absolute atomic E-state index is 0.227. The van der Waals surface area contributed by atoms with E-state index in [4.69, 9.17) is 14.8 Å². The molecule has 0 aliphatic carbocycles. The molecule has 1 aromatic rings. The number of ether oxygens (including phenoxy) is 1. The van der Waals surface area contributed by atoms with Crippen LogP contribution in [0.15, 0.2) is 18.2 Å². The molecule has 0 heterocycles. The molecule has 0 saturated carbocycles. The molecule has 0 aliphatic rings. The lowest BCUT2D eigenvalue weighted by atomic mass is 9.77. The van der Waals surface area contributed by atoms with Gasteiger partial charge in [0.2, 0.25) is 0 Å². The third kappa shape index (κ3) is 4.13. The van der Waals surface area contributed by atoms with Crippen LogP contribution >= 0.6 is 11.8 Å². The topological polar surface area (TPSA) is 49.7 Å². The van der Waals surface area contributed by atoms with E-state index in [2.05, 4.69) is 0 Å². The van der Waals surface area contributed by atoms with Crippen molar-refractivity contribution in [3.05, 3.63) is 29.6 Å². The lowest BCUT2D eigenvalue weighted by molar-refractivity contribution is 0.218. The molecule has 6 heteroatoms. The maximum Gasteiger partial charge on any atom is 0.488 e. The molecule has 0 radical (unpaired) electrons. The van der Waals surface area contributed by atoms with Crippen molar-refractivity contribution in [3.8, 4) is 0 Å². The van der Waals surface area contributed by atoms with E-state index in [-0.39, 0.29) is 5.46 Å². The lowest BCUT2D eigenvalue weighted by Gasteiger charge is -2.08. The van der Waals surface area contributed by atoms with Crippen LogP contribution in [0.5, 0.6) is 0 Å². The Morgan fingerprint density at radius 1 is 1.44 bits per heavy atom. The van der Waals surface area contributed by atoms with Crippen molar-refractivity contribution in [2.75, 3.05) is 19.5 Å². The van der Waals surface area contributed by atoms with E-state index < -0.39 is 12.9 Å². The molecule has 0 aliphatic heterocycles. The highest BCUT2D eigenvalue weighted by molar-refractivity contribution is 7.98. The van der Waals surface area contributed by atoms with Crippen LogP contribution in [0.4, 0.5) is 4.39 Å². The van der Waals surface area contributed by atoms with Crippen LogP contribution < -0.4 is 5.46 Å². The molecule has 1 aromatic carbocycles. The smallest absolute Gasteiger partial charge is 0.423 e. The van der Waals surface area contributed by atoms with Gasteiger partial charge in [-0.25, -0.2) is 4.39 Å². The second-order valence-corrected chi connectivity index (χ2v) is 4.37. The van der Waals surface area contributed by atoms with Crippen LogP contribution in [0.2, 0.25) is 0 Å². The van der Waals surface area contributed by atoms with Crippen LogP contribution in [-0.2, 0) is 10.5 Å². The van der Waals surface area contributed by atoms with Crippen molar-refractivity contribution in [1.82, 2.24) is 0 Å². The fourth-order valence-electron chi connectivity index (χ4n) is 1.26. The van der Waals surface area contributed by atoms with Gasteiger partial charge in [-0.1, -0.05) is 6.07 Å². The van der Waals surface area contributed by atoms with Gasteiger partial charge in [-0.05, 0) is 23.2 Å². The number of hydrogen-bond acceptors (Lipinski definition) is 4. The average Bonchev–Trinajstić information content (AvgIpc) is 2.26. The summed E-state index contributed by atoms with van der Waals surface area (Å²) < 4.78 is 17.8. The first kappa shape index (κ1) is 13.5. The molecule has 0 saturated heterocycles. The first-order valence-electron chi connectivity index (χ1n) is 4.86. The van der Waals surface area contributed by atoms with E-state index in [0.717, 1.165) is 17.4 Å². The summed E-state index contributed by atoms with van der Waals surface area (Å²) in [5.74, 6) is 0.958. The summed E-state index contributed by atoms with van der Waals surface area (Å²) in [5.41, 5.74) is 0.961. The van der Waals surface area contributed by atoms with Gasteiger partial charge in [-0.2, -0.15) is 11.8 Å². The zero-order valence-corrected chi connectivity index (χ0v) is 9.84. The number of benzene rings is 1. The van der Waals surface area contributed by atoms with Crippen LogP contribution in [0.1, 0.15) is 5.56 Å². The number of rotatable bonds is 6. The Labute approximate surface area is 98.8 Å². The molecular formula is C10H14BFO3S. The summed E-state index contributed by atoms with van der Waals surface area (Å²) in [6, 6.07) is 4.04. The molecule has 2 N–H and O–H groups in total. The van der Waals surface area contributed by atoms with Gasteiger partial charge in [0.05, 0.1) is 6.61 Å². The Morgan fingerprint density at radius 3 is 2.81 bits per heavy atom. The molecule has 3 nitrogen and oxygen atoms in total. The number of methoxy groups -OCH3 is 1. The fourth-order valence-corrected chi connectivity index (χ4v) is 2.17. The third-order valence-electron chi connectivity index (χ3n) is 2.08. The van der Waals surface area contributed by atoms with E-state index in [1.807, 2.05) is 0 Å². The highest BCUT2D eigenvalue weighted by atomic mass is 32.2. The maximum atomic E-state index is 12.9. The minimum Gasteiger partial charge on any atom is -0.423 e. The zero-order chi connectivity index (χ0) is 12.0. The quantitative estimate of drug-likeness (QED) is 0.561. The molecule has 0 bridgehead atoms. The summed E-state index contributed by atoms with van der Waals surface area (Å²) in [6.07, 6.45) is 0. The van der Waals surface area contributed by atoms with Crippen molar-refractivity contribution in [1.29, 1.82) is 0 Å². The van der Waals surface area contributed by atoms with E-state index >= 15 is 0 Å². The maximum absolute atomic E-state index is 12.9. The van der Waals surface area contributed by atoms with E-state index in [9.17, 15) is 4.39 Å². The van der Waals surface area contributed by atoms with Crippen molar-refractivity contribution >= 4 is 24.3 Å². The summed E-state index contributed by atoms with van der Waals surface area (Å²) in [4.78, 5) is 0. The Bertz CT molecular complexity index is 336. The van der Waals surface area contributed by atoms with E-state index in [0.29, 0.717) is 12.4 Å². The van der Waals surface area contributed by atoms with Gasteiger partial charge >= 0.3 is 7.12 Å². The van der Waals surface area contributed by atoms with E-state index in [1.165, 1.54) is 6.07 Å². The number of halogens is 1. The van der Waals surface area contributed by atoms with E-state index in [1.54, 1.807) is 24.9 Å². The summed E-state index contributed by atoms with van der Waals surface area (Å²) in [5, 5.41) is 18.2. The zero-order valence-electron chi connectivity index (χ0n) is 9.02. The van der Waals surface area contributed by atoms with Crippen molar-refractivity contribution in [3.63, 3.8) is 0 Å². The molecule has 0 fully saturated rings. The standard InChI is InChI=1S/C10H14BFO3S/c1-15-4-5-16-7-8-2-3-9(12)6-10(8)11(13)14/h2-3,6,13-14H,4-5,7H2,1H3. The van der Waals surface area contributed by atoms with Gasteiger partial charge in [0.15, 0.2) is 0 Å². The molecule has 0 spiro atoms. The predicted molar refractivity (Wildman–Crippen MR) is 64.3 cm³/mol. The minimum atomic E-state index is -1.63. The van der Waals surface area contributed by atoms with Crippen molar-refractivity contribution in [2.24, 2.45) is 0 Å². The van der Waals surface area contributed by atoms with Crippen LogP contribution in [0, 0.1) is 5.82 Å². The van der Waals surface area contributed by atoms with Crippen LogP contribution in [-0.4, -0.2) is 36.6 Å². The van der Waals surface area contributed by atoms with Crippen LogP contribution in [0.25, 0.3) is 0 Å². The monoisotopic (exact) mass is 244 g/mol. The molecule has 0 atom stereocenters. The van der Waals surface area contributed by atoms with Gasteiger partial charge in [0.1, 0.15) is 5.82 Å². The third-order valence-corrected chi connectivity index (χ3v) is 3.05. The summed E-state index contributed by atoms with van der Waals surface area (Å²) in [6.45, 7) is 0.642. The molecular weight excluding hydrogens is 230 g/mol. The van der Waals surface area contributed by atoms with Crippen molar-refractivity contribution < 1.29 is 19.2 Å². The molecule has 0 amide bonds. The Morgan fingerprint density at radius 2 is 2.19 bits per heavy atom. The first-order chi connectivity index (χ1) is 7.65. The SMILES string of the molecule is COCCSCc1ccc(F)cc1B(O)O. The van der Waals surface area contributed by atoms with Crippen molar-refractivity contribution in [2.45, 2.75) is 5.75 Å². The summed E-state index contributed by atoms with van der Waals surface area (Å²) in [7, 11) is -0.00446. The normalized spacial score (nSPS) is 10.5. The van der Waals surface area contributed by atoms with Gasteiger partial charge < -0.3 is 14.8 Å². The summed E-state index contributed by atoms with van der Waals surface area (Å²) >= 11 is 1.60. The van der Waals surface area contributed by atoms with Gasteiger partial charge in [0.25, 0.3) is 0 Å². The fraction of sp³-hybridized carbons (Fsp3) is 0.400. The Kier molecular flexibility index (Phi) is 5.83. The second kappa shape index (κ2) is 6.91. The number of hydrogen-bond donors (Lipinski definition) is 2. The highest BCUT2D eigenvalue weighted by Gasteiger charge is 2.16. The van der Waals surface area contributed by atoms with Gasteiger partial charge in [-0.15, -0.1) is 0 Å². The molecule has 88 valence electrons. The van der Waals surface area contributed by atoms with Gasteiger partial charge in [0, 0.05) is 18.6 Å². The largest absolute Gasteiger partial charge is 0.488 e. The Hall–Kier alpha value is -0.555. The number of thioether (sulfide) groups is 1. The first-order valence-corrected chi connectivity index (χ1v) is 6.01. The Balaban J connectivity index is 2.64. The predicted octanol–water partition coefficient (Wildman–Crippen LogP) is 0.385. The lowest BCUT2D eigenvalue weighted by Crippen LogP contribution is -2.33.